The molecule has 1 N–H and O–H groups in total. The first kappa shape index (κ1) is 19.0. The van der Waals surface area contributed by atoms with Gasteiger partial charge in [0.2, 0.25) is 5.91 Å². The van der Waals surface area contributed by atoms with Crippen LogP contribution < -0.4 is 10.1 Å². The van der Waals surface area contributed by atoms with Crippen molar-refractivity contribution >= 4 is 27.5 Å². The van der Waals surface area contributed by atoms with Crippen molar-refractivity contribution in [2.24, 2.45) is 0 Å². The first-order valence-corrected chi connectivity index (χ1v) is 10.3. The first-order valence-electron chi connectivity index (χ1n) is 7.41. The summed E-state index contributed by atoms with van der Waals surface area (Å²) in [6, 6.07) is 5.79. The highest BCUT2D eigenvalue weighted by atomic mass is 32.2. The topological polar surface area (TPSA) is 72.5 Å². The normalized spacial score (nSPS) is 20.8. The molecule has 0 aliphatic carbocycles. The fourth-order valence-electron chi connectivity index (χ4n) is 2.41. The van der Waals surface area contributed by atoms with Crippen LogP contribution in [0.3, 0.4) is 0 Å². The molecule has 0 aromatic heterocycles. The van der Waals surface area contributed by atoms with Crippen molar-refractivity contribution in [1.29, 1.82) is 0 Å². The summed E-state index contributed by atoms with van der Waals surface area (Å²) in [5, 5.41) is 2.73. The van der Waals surface area contributed by atoms with E-state index in [4.69, 9.17) is 0 Å². The Hall–Kier alpha value is -1.35. The molecule has 0 radical (unpaired) electrons. The second-order valence-corrected chi connectivity index (χ2v) is 9.09. The fraction of sp³-hybridized carbons (Fsp3) is 0.533. The molecule has 1 saturated heterocycles. The monoisotopic (exact) mass is 379 g/mol. The zero-order valence-electron chi connectivity index (χ0n) is 13.1. The third-order valence-corrected chi connectivity index (χ3v) is 6.88. The van der Waals surface area contributed by atoms with Crippen molar-refractivity contribution in [3.8, 4) is 5.75 Å². The first-order chi connectivity index (χ1) is 11.2. The summed E-state index contributed by atoms with van der Waals surface area (Å²) in [5.41, 5.74) is 0.648. The molecule has 2 atom stereocenters. The molecule has 134 valence electrons. The van der Waals surface area contributed by atoms with E-state index >= 15 is 0 Å². The van der Waals surface area contributed by atoms with Crippen molar-refractivity contribution < 1.29 is 26.7 Å². The zero-order chi connectivity index (χ0) is 17.7. The Balaban J connectivity index is 1.83. The van der Waals surface area contributed by atoms with E-state index in [1.807, 2.05) is 0 Å². The maximum Gasteiger partial charge on any atom is 0.387 e. The summed E-state index contributed by atoms with van der Waals surface area (Å²) in [4.78, 5) is 12.0. The van der Waals surface area contributed by atoms with Crippen LogP contribution in [-0.4, -0.2) is 43.4 Å². The number of sulfone groups is 1. The van der Waals surface area contributed by atoms with E-state index in [9.17, 15) is 22.0 Å². The lowest BCUT2D eigenvalue weighted by molar-refractivity contribution is -0.119. The number of amides is 1. The van der Waals surface area contributed by atoms with Gasteiger partial charge in [-0.3, -0.25) is 4.79 Å². The zero-order valence-corrected chi connectivity index (χ0v) is 14.7. The quantitative estimate of drug-likeness (QED) is 0.788. The van der Waals surface area contributed by atoms with E-state index in [2.05, 4.69) is 10.1 Å². The molecule has 24 heavy (non-hydrogen) atoms. The van der Waals surface area contributed by atoms with Gasteiger partial charge >= 0.3 is 6.61 Å². The van der Waals surface area contributed by atoms with Gasteiger partial charge in [0.05, 0.1) is 23.3 Å². The highest BCUT2D eigenvalue weighted by Crippen LogP contribution is 2.25. The maximum absolute atomic E-state index is 12.2. The number of alkyl halides is 2. The summed E-state index contributed by atoms with van der Waals surface area (Å²) < 4.78 is 51.6. The second-order valence-electron chi connectivity index (χ2n) is 5.58. The predicted octanol–water partition coefficient (Wildman–Crippen LogP) is 2.39. The summed E-state index contributed by atoms with van der Waals surface area (Å²) in [6.45, 7) is -1.16. The van der Waals surface area contributed by atoms with Crippen LogP contribution in [0.2, 0.25) is 0 Å². The number of carbonyl (C=O) groups excluding carboxylic acids is 1. The molecule has 0 unspecified atom stereocenters. The molecule has 1 aliphatic rings. The number of hydrogen-bond acceptors (Lipinski definition) is 5. The molecular weight excluding hydrogens is 360 g/mol. The van der Waals surface area contributed by atoms with Crippen molar-refractivity contribution in [3.05, 3.63) is 29.8 Å². The van der Waals surface area contributed by atoms with Crippen LogP contribution in [0.5, 0.6) is 5.75 Å². The van der Waals surface area contributed by atoms with Gasteiger partial charge in [-0.05, 0) is 31.0 Å². The van der Waals surface area contributed by atoms with Crippen molar-refractivity contribution in [3.63, 3.8) is 0 Å². The second kappa shape index (κ2) is 8.15. The Kier molecular flexibility index (Phi) is 6.45. The molecule has 1 heterocycles. The minimum absolute atomic E-state index is 0.0362. The molecule has 1 aromatic rings. The lowest BCUT2D eigenvalue weighted by Crippen LogP contribution is -2.29. The number of rotatable bonds is 7. The summed E-state index contributed by atoms with van der Waals surface area (Å²) in [7, 11) is -2.95. The molecule has 1 aliphatic heterocycles. The van der Waals surface area contributed by atoms with E-state index < -0.39 is 16.4 Å². The highest BCUT2D eigenvalue weighted by Gasteiger charge is 2.28. The molecule has 9 heteroatoms. The Bertz CT molecular complexity index is 682. The largest absolute Gasteiger partial charge is 0.435 e. The molecule has 5 nitrogen and oxygen atoms in total. The third-order valence-electron chi connectivity index (χ3n) is 3.60. The lowest BCUT2D eigenvalue weighted by atomic mass is 10.1. The minimum Gasteiger partial charge on any atom is -0.435 e. The van der Waals surface area contributed by atoms with E-state index in [0.717, 1.165) is 0 Å². The summed E-state index contributed by atoms with van der Waals surface area (Å²) >= 11 is 1.33. The van der Waals surface area contributed by atoms with Gasteiger partial charge in [0.25, 0.3) is 0 Å². The van der Waals surface area contributed by atoms with Crippen molar-refractivity contribution in [1.82, 2.24) is 5.32 Å². The number of carbonyl (C=O) groups is 1. The fourth-order valence-corrected chi connectivity index (χ4v) is 5.87. The predicted molar refractivity (Wildman–Crippen MR) is 89.1 cm³/mol. The van der Waals surface area contributed by atoms with E-state index in [1.54, 1.807) is 19.1 Å². The Morgan fingerprint density at radius 3 is 2.83 bits per heavy atom. The molecule has 0 saturated carbocycles. The van der Waals surface area contributed by atoms with Gasteiger partial charge in [-0.25, -0.2) is 8.42 Å². The van der Waals surface area contributed by atoms with Crippen LogP contribution in [0.4, 0.5) is 8.78 Å². The Labute approximate surface area is 144 Å². The SMILES string of the molecule is C[C@@H](NC(=O)CS[C@H]1CCS(=O)(=O)C1)c1cccc(OC(F)F)c1. The molecule has 0 spiro atoms. The van der Waals surface area contributed by atoms with E-state index in [-0.39, 0.29) is 40.2 Å². The molecule has 1 fully saturated rings. The van der Waals surface area contributed by atoms with E-state index in [1.165, 1.54) is 23.9 Å². The van der Waals surface area contributed by atoms with Crippen molar-refractivity contribution in [2.75, 3.05) is 17.3 Å². The van der Waals surface area contributed by atoms with Gasteiger partial charge < -0.3 is 10.1 Å². The van der Waals surface area contributed by atoms with Gasteiger partial charge in [0.15, 0.2) is 9.84 Å². The number of benzene rings is 1. The van der Waals surface area contributed by atoms with Gasteiger partial charge in [-0.2, -0.15) is 8.78 Å². The van der Waals surface area contributed by atoms with Crippen LogP contribution >= 0.6 is 11.8 Å². The molecule has 1 amide bonds. The number of hydrogen-bond donors (Lipinski definition) is 1. The van der Waals surface area contributed by atoms with Crippen LogP contribution in [0.15, 0.2) is 24.3 Å². The van der Waals surface area contributed by atoms with Crippen LogP contribution in [0.25, 0.3) is 0 Å². The summed E-state index contributed by atoms with van der Waals surface area (Å²) in [6.07, 6.45) is 0.572. The standard InChI is InChI=1S/C15H19F2NO4S2/c1-10(11-3-2-4-12(7-11)22-15(16)17)18-14(19)8-23-13-5-6-24(20,21)9-13/h2-4,7,10,13,15H,5-6,8-9H2,1H3,(H,18,19)/t10-,13+/m1/s1. The van der Waals surface area contributed by atoms with Gasteiger partial charge in [-0.15, -0.1) is 11.8 Å². The average Bonchev–Trinajstić information content (AvgIpc) is 2.84. The van der Waals surface area contributed by atoms with Crippen LogP contribution in [0, 0.1) is 0 Å². The van der Waals surface area contributed by atoms with Crippen LogP contribution in [0.1, 0.15) is 24.9 Å². The maximum atomic E-state index is 12.2. The molecule has 0 bridgehead atoms. The van der Waals surface area contributed by atoms with E-state index in [0.29, 0.717) is 12.0 Å². The summed E-state index contributed by atoms with van der Waals surface area (Å²) in [5.74, 6) is 0.274. The Morgan fingerprint density at radius 2 is 2.21 bits per heavy atom. The van der Waals surface area contributed by atoms with Gasteiger partial charge in [0, 0.05) is 5.25 Å². The van der Waals surface area contributed by atoms with Crippen molar-refractivity contribution in [2.45, 2.75) is 31.2 Å². The smallest absolute Gasteiger partial charge is 0.387 e. The number of ether oxygens (including phenoxy) is 1. The lowest BCUT2D eigenvalue weighted by Gasteiger charge is -2.16. The number of nitrogens with one attached hydrogen (secondary N) is 1. The molecule has 1 aromatic carbocycles. The third kappa shape index (κ3) is 5.94. The number of halogens is 2. The molecule has 2 rings (SSSR count). The van der Waals surface area contributed by atoms with Crippen LogP contribution in [-0.2, 0) is 14.6 Å². The Morgan fingerprint density at radius 1 is 1.46 bits per heavy atom. The minimum atomic E-state index is -2.95. The van der Waals surface area contributed by atoms with Gasteiger partial charge in [-0.1, -0.05) is 12.1 Å². The van der Waals surface area contributed by atoms with Gasteiger partial charge in [0.1, 0.15) is 5.75 Å². The molecular formula is C15H19F2NO4S2. The average molecular weight is 379 g/mol. The highest BCUT2D eigenvalue weighted by molar-refractivity contribution is 8.02. The number of thioether (sulfide) groups is 1.